The lowest BCUT2D eigenvalue weighted by molar-refractivity contribution is -0.248. The summed E-state index contributed by atoms with van der Waals surface area (Å²) < 4.78 is 20.0. The number of hydrogen-bond donors (Lipinski definition) is 6. The van der Waals surface area contributed by atoms with E-state index >= 15 is 0 Å². The molecule has 1 rings (SSSR count). The molecule has 1 aliphatic heterocycles. The lowest BCUT2D eigenvalue weighted by Gasteiger charge is -2.41. The summed E-state index contributed by atoms with van der Waals surface area (Å²) in [5.74, 6) is -0.624. The van der Waals surface area contributed by atoms with Crippen LogP contribution in [0.15, 0.2) is 0 Å². The molecule has 0 saturated carbocycles. The summed E-state index contributed by atoms with van der Waals surface area (Å²) >= 11 is 0. The molecule has 0 aliphatic carbocycles. The van der Waals surface area contributed by atoms with Crippen LogP contribution in [0.2, 0.25) is 0 Å². The number of hydrogen-bond acceptors (Lipinski definition) is 7. The van der Waals surface area contributed by atoms with Gasteiger partial charge >= 0.3 is 7.82 Å². The number of carbonyl (C=O) groups is 1. The second kappa shape index (κ2) is 6.25. The Kier molecular flexibility index (Phi) is 5.42. The first-order chi connectivity index (χ1) is 8.65. The van der Waals surface area contributed by atoms with Crippen LogP contribution in [0.5, 0.6) is 0 Å². The number of carbonyl (C=O) groups excluding carboxylic acids is 1. The quantitative estimate of drug-likeness (QED) is 0.297. The van der Waals surface area contributed by atoms with E-state index in [0.29, 0.717) is 0 Å². The fourth-order valence-electron chi connectivity index (χ4n) is 1.70. The molecule has 11 heteroatoms. The van der Waals surface area contributed by atoms with Crippen LogP contribution >= 0.6 is 7.82 Å². The summed E-state index contributed by atoms with van der Waals surface area (Å²) in [7, 11) is -4.95. The monoisotopic (exact) mass is 301 g/mol. The molecular weight excluding hydrogens is 285 g/mol. The van der Waals surface area contributed by atoms with Crippen LogP contribution in [0, 0.1) is 0 Å². The first-order valence-electron chi connectivity index (χ1n) is 5.29. The second-order valence-electron chi connectivity index (χ2n) is 4.03. The molecule has 0 aromatic rings. The van der Waals surface area contributed by atoms with Crippen LogP contribution < -0.4 is 5.32 Å². The summed E-state index contributed by atoms with van der Waals surface area (Å²) in [5.41, 5.74) is 0. The minimum absolute atomic E-state index is 0.624. The number of aliphatic hydroxyl groups excluding tert-OH is 3. The van der Waals surface area contributed by atoms with Gasteiger partial charge < -0.3 is 35.2 Å². The molecule has 1 amide bonds. The Morgan fingerprint density at radius 1 is 1.37 bits per heavy atom. The van der Waals surface area contributed by atoms with E-state index in [4.69, 9.17) is 19.6 Å². The zero-order chi connectivity index (χ0) is 14.8. The van der Waals surface area contributed by atoms with Crippen LogP contribution in [0.1, 0.15) is 6.92 Å². The average Bonchev–Trinajstić information content (AvgIpc) is 2.26. The molecule has 0 spiro atoms. The normalized spacial score (nSPS) is 36.0. The Morgan fingerprint density at radius 3 is 2.37 bits per heavy atom. The molecule has 112 valence electrons. The summed E-state index contributed by atoms with van der Waals surface area (Å²) in [4.78, 5) is 28.4. The zero-order valence-electron chi connectivity index (χ0n) is 9.91. The van der Waals surface area contributed by atoms with Crippen LogP contribution in [-0.2, 0) is 18.6 Å². The summed E-state index contributed by atoms with van der Waals surface area (Å²) in [6, 6.07) is -1.39. The van der Waals surface area contributed by atoms with E-state index in [2.05, 4.69) is 9.84 Å². The molecule has 1 heterocycles. The van der Waals surface area contributed by atoms with E-state index in [9.17, 15) is 19.6 Å². The van der Waals surface area contributed by atoms with Gasteiger partial charge in [0.25, 0.3) is 0 Å². The molecule has 6 N–H and O–H groups in total. The van der Waals surface area contributed by atoms with E-state index in [-0.39, 0.29) is 0 Å². The third-order valence-corrected chi connectivity index (χ3v) is 2.97. The minimum atomic E-state index is -4.95. The van der Waals surface area contributed by atoms with Crippen molar-refractivity contribution in [2.24, 2.45) is 0 Å². The second-order valence-corrected chi connectivity index (χ2v) is 5.22. The van der Waals surface area contributed by atoms with Gasteiger partial charge in [-0.05, 0) is 0 Å². The first-order valence-corrected chi connectivity index (χ1v) is 6.82. The summed E-state index contributed by atoms with van der Waals surface area (Å²) in [5, 5.41) is 30.5. The Morgan fingerprint density at radius 2 is 1.95 bits per heavy atom. The molecule has 0 unspecified atom stereocenters. The minimum Gasteiger partial charge on any atom is -0.394 e. The Labute approximate surface area is 108 Å². The molecule has 0 radical (unpaired) electrons. The maximum Gasteiger partial charge on any atom is 0.472 e. The average molecular weight is 301 g/mol. The van der Waals surface area contributed by atoms with Crippen LogP contribution in [-0.4, -0.2) is 68.3 Å². The predicted molar refractivity (Wildman–Crippen MR) is 58.5 cm³/mol. The molecule has 19 heavy (non-hydrogen) atoms. The van der Waals surface area contributed by atoms with Gasteiger partial charge in [0, 0.05) is 6.92 Å². The molecule has 0 aromatic heterocycles. The molecular formula is C8H16NO9P. The fourth-order valence-corrected chi connectivity index (χ4v) is 2.15. The zero-order valence-corrected chi connectivity index (χ0v) is 10.8. The van der Waals surface area contributed by atoms with Crippen molar-refractivity contribution in [1.29, 1.82) is 0 Å². The lowest BCUT2D eigenvalue weighted by Crippen LogP contribution is -2.64. The Hall–Kier alpha value is -0.580. The smallest absolute Gasteiger partial charge is 0.394 e. The van der Waals surface area contributed by atoms with Crippen LogP contribution in [0.3, 0.4) is 0 Å². The van der Waals surface area contributed by atoms with Gasteiger partial charge in [-0.25, -0.2) is 4.57 Å². The Bertz CT molecular complexity index is 371. The molecule has 0 bridgehead atoms. The van der Waals surface area contributed by atoms with Gasteiger partial charge in [0.15, 0.2) is 6.29 Å². The van der Waals surface area contributed by atoms with Crippen LogP contribution in [0.25, 0.3) is 0 Å². The predicted octanol–water partition coefficient (Wildman–Crippen LogP) is -2.96. The first kappa shape index (κ1) is 16.5. The van der Waals surface area contributed by atoms with Crippen molar-refractivity contribution in [3.8, 4) is 0 Å². The highest BCUT2D eigenvalue weighted by atomic mass is 31.2. The molecule has 1 saturated heterocycles. The molecule has 1 fully saturated rings. The topological polar surface area (TPSA) is 166 Å². The molecule has 1 aliphatic rings. The van der Waals surface area contributed by atoms with Crippen molar-refractivity contribution in [2.45, 2.75) is 37.6 Å². The van der Waals surface area contributed by atoms with Crippen molar-refractivity contribution in [3.05, 3.63) is 0 Å². The van der Waals surface area contributed by atoms with Crippen LogP contribution in [0.4, 0.5) is 0 Å². The third kappa shape index (κ3) is 4.48. The van der Waals surface area contributed by atoms with Gasteiger partial charge in [-0.2, -0.15) is 0 Å². The van der Waals surface area contributed by atoms with Gasteiger partial charge in [-0.1, -0.05) is 0 Å². The van der Waals surface area contributed by atoms with Crippen molar-refractivity contribution >= 4 is 13.7 Å². The van der Waals surface area contributed by atoms with Crippen molar-refractivity contribution < 1.29 is 43.7 Å². The van der Waals surface area contributed by atoms with E-state index in [1.54, 1.807) is 0 Å². The van der Waals surface area contributed by atoms with E-state index in [0.717, 1.165) is 6.92 Å². The third-order valence-electron chi connectivity index (χ3n) is 2.49. The molecule has 10 nitrogen and oxygen atoms in total. The highest BCUT2D eigenvalue weighted by Gasteiger charge is 2.47. The van der Waals surface area contributed by atoms with E-state index in [1.165, 1.54) is 0 Å². The van der Waals surface area contributed by atoms with E-state index < -0.39 is 51.0 Å². The maximum atomic E-state index is 11.0. The van der Waals surface area contributed by atoms with Gasteiger partial charge in [-0.3, -0.25) is 9.32 Å². The lowest BCUT2D eigenvalue weighted by atomic mass is 9.97. The molecule has 5 atom stereocenters. The molecule has 0 aromatic carbocycles. The summed E-state index contributed by atoms with van der Waals surface area (Å²) in [6.07, 6.45) is -6.17. The highest BCUT2D eigenvalue weighted by Crippen LogP contribution is 2.40. The SMILES string of the molecule is CC(=O)N[C@@H]1[C@H](OP(=O)(O)O)O[C@H](CO)[C@H](O)[C@@H]1O. The van der Waals surface area contributed by atoms with Gasteiger partial charge in [0.2, 0.25) is 5.91 Å². The van der Waals surface area contributed by atoms with Crippen molar-refractivity contribution in [3.63, 3.8) is 0 Å². The van der Waals surface area contributed by atoms with Crippen molar-refractivity contribution in [1.82, 2.24) is 5.32 Å². The summed E-state index contributed by atoms with van der Waals surface area (Å²) in [6.45, 7) is 0.401. The number of phosphoric acid groups is 1. The van der Waals surface area contributed by atoms with E-state index in [1.807, 2.05) is 0 Å². The van der Waals surface area contributed by atoms with Gasteiger partial charge in [0.1, 0.15) is 24.4 Å². The fraction of sp³-hybridized carbons (Fsp3) is 0.875. The highest BCUT2D eigenvalue weighted by molar-refractivity contribution is 7.46. The number of amides is 1. The van der Waals surface area contributed by atoms with Gasteiger partial charge in [-0.15, -0.1) is 0 Å². The number of phosphoric ester groups is 1. The van der Waals surface area contributed by atoms with Gasteiger partial charge in [0.05, 0.1) is 6.61 Å². The standard InChI is InChI=1S/C8H16NO9P/c1-3(11)9-5-7(13)6(12)4(2-10)17-8(5)18-19(14,15)16/h4-8,10,12-13H,2H2,1H3,(H,9,11)(H2,14,15,16)/t4-,5+,6+,7-,8+/m1/s1. The Balaban J connectivity index is 2.92. The number of rotatable bonds is 4. The number of ether oxygens (including phenoxy) is 1. The number of nitrogens with one attached hydrogen (secondary N) is 1. The number of aliphatic hydroxyl groups is 3. The maximum absolute atomic E-state index is 11.0. The largest absolute Gasteiger partial charge is 0.472 e. The van der Waals surface area contributed by atoms with Crippen molar-refractivity contribution in [2.75, 3.05) is 6.61 Å².